The summed E-state index contributed by atoms with van der Waals surface area (Å²) >= 11 is 1.41. The SMILES string of the molecule is C=CC(=O)N1C[C@H](C)N(C(=O)N(C)[C@H](C(=O)N[C@H]2Cc3nc(cs3)-c3ccc4c(c3)c(c(-c3cccnc3[C@H](C)OC)n4CC)CC(C)(C)COC(=O)[C@@H]3CCCN(N3)C2=O)C(C)C)CC12CC2. The molecule has 6 heterocycles. The third-order valence-electron chi connectivity index (χ3n) is 14.3. The van der Waals surface area contributed by atoms with E-state index in [4.69, 9.17) is 19.4 Å². The molecule has 3 aromatic heterocycles. The van der Waals surface area contributed by atoms with Crippen LogP contribution in [0, 0.1) is 11.3 Å². The molecular formula is C51H67N9O7S. The largest absolute Gasteiger partial charge is 0.464 e. The number of pyridine rings is 1. The van der Waals surface area contributed by atoms with Gasteiger partial charge in [0.1, 0.15) is 18.1 Å². The van der Waals surface area contributed by atoms with Gasteiger partial charge in [0, 0.05) is 91.8 Å². The van der Waals surface area contributed by atoms with Gasteiger partial charge in [-0.2, -0.15) is 0 Å². The third kappa shape index (κ3) is 9.40. The fourth-order valence-corrected chi connectivity index (χ4v) is 11.3. The Kier molecular flexibility index (Phi) is 13.9. The molecule has 16 nitrogen and oxygen atoms in total. The number of amides is 5. The predicted octanol–water partition coefficient (Wildman–Crippen LogP) is 6.53. The Hall–Kier alpha value is -5.65. The fraction of sp³-hybridized carbons (Fsp3) is 0.549. The number of carbonyl (C=O) groups is 5. The molecule has 4 aliphatic rings. The number of hydrogen-bond acceptors (Lipinski definition) is 11. The quantitative estimate of drug-likeness (QED) is 0.139. The molecule has 1 saturated carbocycles. The topological polar surface area (TPSA) is 172 Å². The fourth-order valence-electron chi connectivity index (χ4n) is 10.4. The minimum Gasteiger partial charge on any atom is -0.464 e. The molecule has 364 valence electrons. The van der Waals surface area contributed by atoms with Crippen molar-refractivity contribution in [1.29, 1.82) is 0 Å². The third-order valence-corrected chi connectivity index (χ3v) is 15.2. The van der Waals surface area contributed by atoms with E-state index in [9.17, 15) is 24.0 Å². The van der Waals surface area contributed by atoms with Crippen LogP contribution in [0.4, 0.5) is 4.79 Å². The summed E-state index contributed by atoms with van der Waals surface area (Å²) in [4.78, 5) is 85.5. The van der Waals surface area contributed by atoms with Crippen LogP contribution in [0.2, 0.25) is 0 Å². The van der Waals surface area contributed by atoms with Gasteiger partial charge in [-0.3, -0.25) is 29.2 Å². The summed E-state index contributed by atoms with van der Waals surface area (Å²) in [7, 11) is 3.31. The number of thiazole rings is 1. The molecule has 4 aromatic rings. The van der Waals surface area contributed by atoms with Crippen LogP contribution in [0.1, 0.15) is 96.5 Å². The highest BCUT2D eigenvalue weighted by Crippen LogP contribution is 2.46. The molecule has 6 bridgehead atoms. The number of aryl methyl sites for hydroxylation is 1. The first-order valence-electron chi connectivity index (χ1n) is 24.0. The molecule has 2 N–H and O–H groups in total. The number of piperazine rings is 1. The van der Waals surface area contributed by atoms with Gasteiger partial charge >= 0.3 is 12.0 Å². The van der Waals surface area contributed by atoms with Crippen molar-refractivity contribution in [3.63, 3.8) is 0 Å². The lowest BCUT2D eigenvalue weighted by Crippen LogP contribution is -2.65. The van der Waals surface area contributed by atoms with Crippen molar-refractivity contribution in [2.24, 2.45) is 11.3 Å². The van der Waals surface area contributed by atoms with E-state index in [1.807, 2.05) is 44.0 Å². The molecule has 68 heavy (non-hydrogen) atoms. The van der Waals surface area contributed by atoms with Crippen LogP contribution >= 0.6 is 11.3 Å². The summed E-state index contributed by atoms with van der Waals surface area (Å²) in [6.07, 6.45) is 6.08. The summed E-state index contributed by atoms with van der Waals surface area (Å²) in [6, 6.07) is 6.98. The van der Waals surface area contributed by atoms with E-state index in [-0.39, 0.29) is 43.0 Å². The molecule has 1 aromatic carbocycles. The maximum Gasteiger partial charge on any atom is 0.324 e. The number of methoxy groups -OCH3 is 1. The number of hydrazine groups is 1. The molecule has 8 rings (SSSR count). The highest BCUT2D eigenvalue weighted by atomic mass is 32.1. The number of fused-ring (bicyclic) bond motifs is 6. The lowest BCUT2D eigenvalue weighted by molar-refractivity contribution is -0.155. The van der Waals surface area contributed by atoms with E-state index < -0.39 is 46.9 Å². The van der Waals surface area contributed by atoms with E-state index in [0.29, 0.717) is 50.4 Å². The van der Waals surface area contributed by atoms with Gasteiger partial charge in [0.25, 0.3) is 5.91 Å². The van der Waals surface area contributed by atoms with Gasteiger partial charge in [-0.15, -0.1) is 11.3 Å². The van der Waals surface area contributed by atoms with Crippen molar-refractivity contribution < 1.29 is 33.4 Å². The van der Waals surface area contributed by atoms with Crippen LogP contribution in [0.3, 0.4) is 0 Å². The number of aromatic nitrogens is 3. The monoisotopic (exact) mass is 949 g/mol. The standard InChI is InChI=1S/C51H67N9O7S/c1-11-42(61)59-26-31(5)58(28-51(59)19-20-51)49(65)56(9)44(30(3)4)46(62)54-38-24-41-53-39(27-68-41)33-17-18-40-35(23-33)36(45(57(40)12-2)34-15-13-21-52-43(34)32(6)66-10)25-50(7,8)29-67-48(64)37-16-14-22-60(55-37)47(38)63/h11,13,15,17-18,21,23,27,30-32,37-38,44,55H,1,12,14,16,19-20,22,24-26,28-29H2,2-10H3,(H,54,62)/t31-,32-,37-,38-,44-/m0/s1. The number of likely N-dealkylation sites (N-methyl/N-ethyl adjacent to an activating group) is 1. The van der Waals surface area contributed by atoms with Gasteiger partial charge in [-0.25, -0.2) is 15.2 Å². The van der Waals surface area contributed by atoms with Crippen molar-refractivity contribution in [3.05, 3.63) is 70.8 Å². The van der Waals surface area contributed by atoms with Crippen molar-refractivity contribution >= 4 is 52.0 Å². The van der Waals surface area contributed by atoms with E-state index in [2.05, 4.69) is 66.9 Å². The first-order chi connectivity index (χ1) is 32.4. The first-order valence-corrected chi connectivity index (χ1v) is 24.9. The summed E-state index contributed by atoms with van der Waals surface area (Å²) in [5.74, 6) is -1.84. The Morgan fingerprint density at radius 2 is 1.93 bits per heavy atom. The smallest absolute Gasteiger partial charge is 0.324 e. The number of nitrogens with zero attached hydrogens (tertiary/aromatic N) is 7. The summed E-state index contributed by atoms with van der Waals surface area (Å²) in [5.41, 5.74) is 8.84. The number of esters is 1. The van der Waals surface area contributed by atoms with Crippen molar-refractivity contribution in [3.8, 4) is 22.5 Å². The average Bonchev–Trinajstić information content (AvgIpc) is 3.82. The van der Waals surface area contributed by atoms with Crippen LogP contribution in [0.5, 0.6) is 0 Å². The van der Waals surface area contributed by atoms with Crippen molar-refractivity contribution in [2.45, 2.75) is 129 Å². The predicted molar refractivity (Wildman–Crippen MR) is 261 cm³/mol. The highest BCUT2D eigenvalue weighted by Gasteiger charge is 2.56. The summed E-state index contributed by atoms with van der Waals surface area (Å²) in [5, 5.41) is 8.15. The van der Waals surface area contributed by atoms with Gasteiger partial charge in [0.05, 0.1) is 40.3 Å². The average molecular weight is 950 g/mol. The normalized spacial score (nSPS) is 22.4. The van der Waals surface area contributed by atoms with Gasteiger partial charge in [-0.05, 0) is 94.7 Å². The Morgan fingerprint density at radius 1 is 1.16 bits per heavy atom. The zero-order chi connectivity index (χ0) is 48.8. The second kappa shape index (κ2) is 19.4. The van der Waals surface area contributed by atoms with E-state index in [1.165, 1.54) is 27.3 Å². The first kappa shape index (κ1) is 48.8. The van der Waals surface area contributed by atoms with Gasteiger partial charge in [-0.1, -0.05) is 40.3 Å². The Morgan fingerprint density at radius 3 is 2.62 bits per heavy atom. The molecule has 17 heteroatoms. The number of urea groups is 1. The second-order valence-corrected chi connectivity index (χ2v) is 21.2. The minimum absolute atomic E-state index is 0.0728. The van der Waals surface area contributed by atoms with E-state index >= 15 is 0 Å². The number of rotatable bonds is 9. The molecule has 3 fully saturated rings. The van der Waals surface area contributed by atoms with Gasteiger partial charge < -0.3 is 34.1 Å². The van der Waals surface area contributed by atoms with E-state index in [0.717, 1.165) is 57.5 Å². The number of hydrogen-bond donors (Lipinski definition) is 2. The molecule has 1 spiro atoms. The van der Waals surface area contributed by atoms with Crippen LogP contribution in [0.25, 0.3) is 33.4 Å². The molecule has 5 amide bonds. The van der Waals surface area contributed by atoms with Gasteiger partial charge in [0.15, 0.2) is 0 Å². The Bertz CT molecular complexity index is 2600. The Balaban J connectivity index is 1.14. The summed E-state index contributed by atoms with van der Waals surface area (Å²) < 4.78 is 14.3. The molecule has 5 atom stereocenters. The molecule has 1 aliphatic carbocycles. The maximum absolute atomic E-state index is 14.7. The lowest BCUT2D eigenvalue weighted by atomic mass is 9.84. The highest BCUT2D eigenvalue weighted by molar-refractivity contribution is 7.10. The van der Waals surface area contributed by atoms with Crippen LogP contribution in [-0.2, 0) is 48.0 Å². The number of benzene rings is 1. The van der Waals surface area contributed by atoms with Crippen molar-refractivity contribution in [1.82, 2.24) is 45.0 Å². The molecule has 3 aliphatic heterocycles. The molecule has 0 unspecified atom stereocenters. The maximum atomic E-state index is 14.7. The zero-order valence-corrected chi connectivity index (χ0v) is 41.8. The number of nitrogens with one attached hydrogen (secondary N) is 2. The van der Waals surface area contributed by atoms with Crippen LogP contribution < -0.4 is 10.7 Å². The number of carbonyl (C=O) groups excluding carboxylic acids is 5. The molecule has 0 radical (unpaired) electrons. The van der Waals surface area contributed by atoms with Gasteiger partial charge in [0.2, 0.25) is 11.8 Å². The van der Waals surface area contributed by atoms with Crippen LogP contribution in [0.15, 0.2) is 54.6 Å². The summed E-state index contributed by atoms with van der Waals surface area (Å²) in [6.45, 7) is 19.5. The zero-order valence-electron chi connectivity index (χ0n) is 41.0. The minimum atomic E-state index is -1.09. The Labute approximate surface area is 403 Å². The molecular weight excluding hydrogens is 883 g/mol. The van der Waals surface area contributed by atoms with E-state index in [1.54, 1.807) is 25.3 Å². The second-order valence-electron chi connectivity index (χ2n) is 20.2. The van der Waals surface area contributed by atoms with Crippen molar-refractivity contribution in [2.75, 3.05) is 40.4 Å². The van der Waals surface area contributed by atoms with Crippen LogP contribution in [-0.4, -0.2) is 134 Å². The molecule has 2 saturated heterocycles. The number of cyclic esters (lactones) is 1. The lowest BCUT2D eigenvalue weighted by Gasteiger charge is -2.47. The number of ether oxygens (including phenoxy) is 2.